The first-order valence-corrected chi connectivity index (χ1v) is 10.5. The third-order valence-corrected chi connectivity index (χ3v) is 4.75. The van der Waals surface area contributed by atoms with Gasteiger partial charge in [0.05, 0.1) is 51.8 Å². The number of hydrogen-bond acceptors (Lipinski definition) is 7. The van der Waals surface area contributed by atoms with Crippen molar-refractivity contribution in [3.05, 3.63) is 66.2 Å². The van der Waals surface area contributed by atoms with Crippen molar-refractivity contribution in [2.45, 2.75) is 0 Å². The van der Waals surface area contributed by atoms with E-state index in [1.807, 2.05) is 54.6 Å². The van der Waals surface area contributed by atoms with Crippen LogP contribution in [0.3, 0.4) is 0 Å². The zero-order chi connectivity index (χ0) is 22.6. The van der Waals surface area contributed by atoms with Crippen molar-refractivity contribution in [3.63, 3.8) is 0 Å². The van der Waals surface area contributed by atoms with Gasteiger partial charge < -0.3 is 29.2 Å². The average Bonchev–Trinajstić information content (AvgIpc) is 2.83. The van der Waals surface area contributed by atoms with E-state index in [1.165, 1.54) is 6.07 Å². The molecule has 3 rings (SSSR count). The number of aromatic hydroxyl groups is 1. The van der Waals surface area contributed by atoms with E-state index in [9.17, 15) is 9.90 Å². The minimum atomic E-state index is -0.522. The Labute approximate surface area is 187 Å². The zero-order valence-corrected chi connectivity index (χ0v) is 17.9. The van der Waals surface area contributed by atoms with Gasteiger partial charge in [-0.3, -0.25) is 0 Å². The Morgan fingerprint density at radius 2 is 1.28 bits per heavy atom. The normalized spacial score (nSPS) is 11.0. The number of ether oxygens (including phenoxy) is 4. The first kappa shape index (κ1) is 23.7. The van der Waals surface area contributed by atoms with Crippen LogP contribution in [0.25, 0.3) is 21.9 Å². The molecule has 0 amide bonds. The van der Waals surface area contributed by atoms with Gasteiger partial charge in [-0.1, -0.05) is 54.6 Å². The standard InChI is InChI=1S/C25H28O7/c26-10-11-29-12-13-30-14-15-31-16-17-32-25(28)22-18-23(27)20-8-4-5-9-21(20)24(22)19-6-2-1-3-7-19/h1-9,18,26-27H,10-17H2. The topological polar surface area (TPSA) is 94.5 Å². The number of rotatable bonds is 13. The second-order valence-corrected chi connectivity index (χ2v) is 6.93. The Bertz CT molecular complexity index is 988. The largest absolute Gasteiger partial charge is 0.507 e. The SMILES string of the molecule is O=C(OCCOCCOCCOCCO)c1cc(O)c2ccccc2c1-c1ccccc1. The molecule has 0 spiro atoms. The van der Waals surface area contributed by atoms with Gasteiger partial charge in [0.25, 0.3) is 0 Å². The summed E-state index contributed by atoms with van der Waals surface area (Å²) in [5.74, 6) is -0.491. The number of carbonyl (C=O) groups is 1. The number of esters is 1. The number of aliphatic hydroxyl groups excluding tert-OH is 1. The molecule has 0 saturated carbocycles. The lowest BCUT2D eigenvalue weighted by molar-refractivity contribution is -0.00312. The molecule has 7 heteroatoms. The highest BCUT2D eigenvalue weighted by atomic mass is 16.6. The molecule has 2 N–H and O–H groups in total. The number of benzene rings is 3. The van der Waals surface area contributed by atoms with Crippen LogP contribution in [-0.2, 0) is 18.9 Å². The second kappa shape index (κ2) is 12.8. The molecule has 0 radical (unpaired) electrons. The molecule has 7 nitrogen and oxygen atoms in total. The van der Waals surface area contributed by atoms with E-state index in [2.05, 4.69) is 0 Å². The Morgan fingerprint density at radius 3 is 1.94 bits per heavy atom. The van der Waals surface area contributed by atoms with E-state index in [1.54, 1.807) is 0 Å². The highest BCUT2D eigenvalue weighted by molar-refractivity contribution is 6.10. The number of phenolic OH excluding ortho intramolecular Hbond substituents is 1. The highest BCUT2D eigenvalue weighted by Gasteiger charge is 2.19. The maximum absolute atomic E-state index is 12.8. The summed E-state index contributed by atoms with van der Waals surface area (Å²) in [7, 11) is 0. The van der Waals surface area contributed by atoms with E-state index in [4.69, 9.17) is 24.1 Å². The van der Waals surface area contributed by atoms with Gasteiger partial charge in [-0.05, 0) is 17.0 Å². The van der Waals surface area contributed by atoms with Crippen LogP contribution in [0.15, 0.2) is 60.7 Å². The lowest BCUT2D eigenvalue weighted by Gasteiger charge is -2.14. The van der Waals surface area contributed by atoms with Gasteiger partial charge >= 0.3 is 5.97 Å². The molecule has 0 fully saturated rings. The third kappa shape index (κ3) is 6.51. The first-order valence-electron chi connectivity index (χ1n) is 10.5. The number of hydrogen-bond donors (Lipinski definition) is 2. The molecule has 3 aromatic carbocycles. The minimum absolute atomic E-state index is 0.00645. The minimum Gasteiger partial charge on any atom is -0.507 e. The lowest BCUT2D eigenvalue weighted by atomic mass is 9.92. The molecule has 0 saturated heterocycles. The van der Waals surface area contributed by atoms with Crippen LogP contribution in [0, 0.1) is 0 Å². The summed E-state index contributed by atoms with van der Waals surface area (Å²) < 4.78 is 21.2. The molecule has 0 bridgehead atoms. The lowest BCUT2D eigenvalue weighted by Crippen LogP contribution is -2.15. The third-order valence-electron chi connectivity index (χ3n) is 4.75. The number of carbonyl (C=O) groups excluding carboxylic acids is 1. The Balaban J connectivity index is 1.57. The molecular weight excluding hydrogens is 412 g/mol. The van der Waals surface area contributed by atoms with Gasteiger partial charge in [-0.2, -0.15) is 0 Å². The smallest absolute Gasteiger partial charge is 0.339 e. The molecule has 0 aliphatic rings. The molecule has 0 heterocycles. The summed E-state index contributed by atoms with van der Waals surface area (Å²) in [5, 5.41) is 20.5. The molecule has 0 aromatic heterocycles. The van der Waals surface area contributed by atoms with Crippen molar-refractivity contribution in [1.29, 1.82) is 0 Å². The van der Waals surface area contributed by atoms with Crippen molar-refractivity contribution in [2.24, 2.45) is 0 Å². The summed E-state index contributed by atoms with van der Waals surface area (Å²) in [6, 6.07) is 18.4. The Kier molecular flexibility index (Phi) is 9.46. The van der Waals surface area contributed by atoms with E-state index < -0.39 is 5.97 Å². The summed E-state index contributed by atoms with van der Waals surface area (Å²) in [5.41, 5.74) is 1.90. The van der Waals surface area contributed by atoms with E-state index >= 15 is 0 Å². The van der Waals surface area contributed by atoms with Crippen molar-refractivity contribution in [2.75, 3.05) is 52.9 Å². The van der Waals surface area contributed by atoms with Gasteiger partial charge in [0, 0.05) is 10.9 Å². The fourth-order valence-corrected chi connectivity index (χ4v) is 3.31. The molecule has 0 unspecified atom stereocenters. The molecule has 3 aromatic rings. The average molecular weight is 440 g/mol. The van der Waals surface area contributed by atoms with Crippen LogP contribution in [0.1, 0.15) is 10.4 Å². The summed E-state index contributed by atoms with van der Waals surface area (Å²) >= 11 is 0. The maximum atomic E-state index is 12.8. The van der Waals surface area contributed by atoms with Crippen molar-refractivity contribution < 1.29 is 34.0 Å². The van der Waals surface area contributed by atoms with Crippen LogP contribution >= 0.6 is 0 Å². The Morgan fingerprint density at radius 1 is 0.719 bits per heavy atom. The van der Waals surface area contributed by atoms with Crippen molar-refractivity contribution in [1.82, 2.24) is 0 Å². The molecule has 0 atom stereocenters. The molecule has 0 aliphatic heterocycles. The molecule has 170 valence electrons. The molecular formula is C25H28O7. The van der Waals surface area contributed by atoms with E-state index in [0.717, 1.165) is 16.5 Å². The fourth-order valence-electron chi connectivity index (χ4n) is 3.31. The van der Waals surface area contributed by atoms with Crippen LogP contribution in [0.5, 0.6) is 5.75 Å². The van der Waals surface area contributed by atoms with Gasteiger partial charge in [-0.15, -0.1) is 0 Å². The summed E-state index contributed by atoms with van der Waals surface area (Å²) in [6.07, 6.45) is 0. The Hall–Kier alpha value is -2.97. The predicted octanol–water partition coefficient (Wildman–Crippen LogP) is 3.41. The fraction of sp³-hybridized carbons (Fsp3) is 0.320. The van der Waals surface area contributed by atoms with Gasteiger partial charge in [0.15, 0.2) is 0 Å². The van der Waals surface area contributed by atoms with Crippen molar-refractivity contribution in [3.8, 4) is 16.9 Å². The van der Waals surface area contributed by atoms with E-state index in [-0.39, 0.29) is 25.6 Å². The second-order valence-electron chi connectivity index (χ2n) is 6.93. The van der Waals surface area contributed by atoms with E-state index in [0.29, 0.717) is 44.0 Å². The quantitative estimate of drug-likeness (QED) is 0.311. The molecule has 0 aliphatic carbocycles. The first-order chi connectivity index (χ1) is 15.7. The maximum Gasteiger partial charge on any atom is 0.339 e. The van der Waals surface area contributed by atoms with Gasteiger partial charge in [0.1, 0.15) is 12.4 Å². The molecule has 32 heavy (non-hydrogen) atoms. The highest BCUT2D eigenvalue weighted by Crippen LogP contribution is 2.37. The van der Waals surface area contributed by atoms with Crippen LogP contribution < -0.4 is 0 Å². The number of aliphatic hydroxyl groups is 1. The van der Waals surface area contributed by atoms with Crippen LogP contribution in [-0.4, -0.2) is 69.0 Å². The predicted molar refractivity (Wildman–Crippen MR) is 121 cm³/mol. The van der Waals surface area contributed by atoms with Crippen molar-refractivity contribution >= 4 is 16.7 Å². The number of fused-ring (bicyclic) bond motifs is 1. The van der Waals surface area contributed by atoms with Gasteiger partial charge in [-0.25, -0.2) is 4.79 Å². The zero-order valence-electron chi connectivity index (χ0n) is 17.9. The monoisotopic (exact) mass is 440 g/mol. The van der Waals surface area contributed by atoms with Gasteiger partial charge in [0.2, 0.25) is 0 Å². The van der Waals surface area contributed by atoms with Crippen LogP contribution in [0.4, 0.5) is 0 Å². The summed E-state index contributed by atoms with van der Waals surface area (Å²) in [6.45, 7) is 2.21. The van der Waals surface area contributed by atoms with Crippen LogP contribution in [0.2, 0.25) is 0 Å². The number of phenols is 1. The summed E-state index contributed by atoms with van der Waals surface area (Å²) in [4.78, 5) is 12.8.